The van der Waals surface area contributed by atoms with E-state index >= 15 is 0 Å². The van der Waals surface area contributed by atoms with Crippen LogP contribution >= 0.6 is 0 Å². The van der Waals surface area contributed by atoms with Gasteiger partial charge in [-0.2, -0.15) is 4.80 Å². The highest BCUT2D eigenvalue weighted by molar-refractivity contribution is 6.27. The Bertz CT molecular complexity index is 498. The Morgan fingerprint density at radius 1 is 1.24 bits per heavy atom. The summed E-state index contributed by atoms with van der Waals surface area (Å²) in [6.07, 6.45) is 2.62. The van der Waals surface area contributed by atoms with Crippen molar-refractivity contribution in [2.24, 2.45) is 5.92 Å². The van der Waals surface area contributed by atoms with Gasteiger partial charge in [-0.15, -0.1) is 10.2 Å². The molecular formula is C12H19N5O4. The number of aromatic nitrogens is 4. The summed E-state index contributed by atoms with van der Waals surface area (Å²) in [5, 5.41) is 27.5. The first kappa shape index (κ1) is 15.4. The van der Waals surface area contributed by atoms with E-state index in [0.29, 0.717) is 5.92 Å². The van der Waals surface area contributed by atoms with Crippen molar-refractivity contribution >= 4 is 11.9 Å². The van der Waals surface area contributed by atoms with Crippen LogP contribution in [0.5, 0.6) is 0 Å². The second-order valence-electron chi connectivity index (χ2n) is 5.19. The van der Waals surface area contributed by atoms with Gasteiger partial charge in [0.25, 0.3) is 0 Å². The van der Waals surface area contributed by atoms with Crippen molar-refractivity contribution in [3.05, 3.63) is 5.82 Å². The van der Waals surface area contributed by atoms with E-state index < -0.39 is 11.9 Å². The number of fused-ring (bicyclic) bond motifs is 3. The van der Waals surface area contributed by atoms with Crippen LogP contribution in [-0.4, -0.2) is 66.9 Å². The first-order valence-electron chi connectivity index (χ1n) is 6.97. The van der Waals surface area contributed by atoms with Crippen LogP contribution in [0, 0.1) is 5.92 Å². The number of carboxylic acid groups (broad SMARTS) is 2. The molecular weight excluding hydrogens is 278 g/mol. The lowest BCUT2D eigenvalue weighted by Gasteiger charge is -2.43. The van der Waals surface area contributed by atoms with Crippen LogP contribution in [0.3, 0.4) is 0 Å². The molecule has 3 aliphatic rings. The molecule has 1 aromatic heterocycles. The van der Waals surface area contributed by atoms with Crippen LogP contribution in [0.25, 0.3) is 0 Å². The second-order valence-corrected chi connectivity index (χ2v) is 5.19. The van der Waals surface area contributed by atoms with Crippen molar-refractivity contribution in [1.82, 2.24) is 25.1 Å². The summed E-state index contributed by atoms with van der Waals surface area (Å²) >= 11 is 0. The first-order chi connectivity index (χ1) is 10.0. The third-order valence-corrected chi connectivity index (χ3v) is 3.92. The molecule has 0 spiro atoms. The zero-order valence-electron chi connectivity index (χ0n) is 11.8. The van der Waals surface area contributed by atoms with Gasteiger partial charge >= 0.3 is 11.9 Å². The number of tetrazole rings is 1. The number of hydrogen-bond acceptors (Lipinski definition) is 6. The minimum absolute atomic E-state index is 0.535. The van der Waals surface area contributed by atoms with Gasteiger partial charge in [-0.3, -0.25) is 0 Å². The maximum atomic E-state index is 9.10. The Labute approximate surface area is 121 Å². The molecule has 1 aromatic rings. The highest BCUT2D eigenvalue weighted by Crippen LogP contribution is 2.37. The molecule has 3 fully saturated rings. The van der Waals surface area contributed by atoms with Crippen LogP contribution in [0.1, 0.15) is 31.5 Å². The van der Waals surface area contributed by atoms with Gasteiger partial charge in [-0.1, -0.05) is 0 Å². The minimum Gasteiger partial charge on any atom is -0.473 e. The molecule has 0 aliphatic carbocycles. The van der Waals surface area contributed by atoms with Crippen molar-refractivity contribution < 1.29 is 19.8 Å². The molecule has 0 aromatic carbocycles. The summed E-state index contributed by atoms with van der Waals surface area (Å²) in [5.41, 5.74) is 0. The molecule has 9 heteroatoms. The zero-order chi connectivity index (χ0) is 15.4. The van der Waals surface area contributed by atoms with E-state index in [1.54, 1.807) is 4.80 Å². The fraction of sp³-hybridized carbons (Fsp3) is 0.750. The van der Waals surface area contributed by atoms with Crippen molar-refractivity contribution in [1.29, 1.82) is 0 Å². The number of carboxylic acids is 2. The Kier molecular flexibility index (Phi) is 4.84. The molecule has 9 nitrogen and oxygen atoms in total. The van der Waals surface area contributed by atoms with Gasteiger partial charge in [-0.05, 0) is 44.0 Å². The van der Waals surface area contributed by atoms with E-state index in [0.717, 1.165) is 24.8 Å². The number of hydrogen-bond donors (Lipinski definition) is 2. The maximum Gasteiger partial charge on any atom is 0.414 e. The van der Waals surface area contributed by atoms with Gasteiger partial charge < -0.3 is 15.1 Å². The molecule has 3 aliphatic heterocycles. The molecule has 2 bridgehead atoms. The van der Waals surface area contributed by atoms with E-state index in [-0.39, 0.29) is 0 Å². The smallest absolute Gasteiger partial charge is 0.414 e. The van der Waals surface area contributed by atoms with E-state index in [1.807, 2.05) is 6.92 Å². The van der Waals surface area contributed by atoms with Crippen LogP contribution in [0.15, 0.2) is 0 Å². The summed E-state index contributed by atoms with van der Waals surface area (Å²) in [6, 6.07) is 0. The largest absolute Gasteiger partial charge is 0.473 e. The molecule has 1 atom stereocenters. The van der Waals surface area contributed by atoms with E-state index in [1.165, 1.54) is 25.9 Å². The van der Waals surface area contributed by atoms with Gasteiger partial charge in [-0.25, -0.2) is 9.59 Å². The number of aryl methyl sites for hydroxylation is 1. The predicted octanol–water partition coefficient (Wildman–Crippen LogP) is -0.342. The molecule has 2 N–H and O–H groups in total. The Balaban J connectivity index is 0.000000232. The number of aliphatic carboxylic acids is 2. The SMILES string of the molecule is CCn1nnc(C2CN3CCC2CC3)n1.O=C(O)C(=O)O. The fourth-order valence-electron chi connectivity index (χ4n) is 2.80. The average Bonchev–Trinajstić information content (AvgIpc) is 2.98. The Morgan fingerprint density at radius 2 is 1.86 bits per heavy atom. The highest BCUT2D eigenvalue weighted by Gasteiger charge is 2.37. The van der Waals surface area contributed by atoms with Gasteiger partial charge in [0.2, 0.25) is 0 Å². The molecule has 1 unspecified atom stereocenters. The third kappa shape index (κ3) is 3.75. The van der Waals surface area contributed by atoms with Gasteiger partial charge in [0.15, 0.2) is 5.82 Å². The molecule has 3 saturated heterocycles. The van der Waals surface area contributed by atoms with E-state index in [9.17, 15) is 0 Å². The van der Waals surface area contributed by atoms with Crippen molar-refractivity contribution in [3.8, 4) is 0 Å². The number of rotatable bonds is 2. The summed E-state index contributed by atoms with van der Waals surface area (Å²) in [5.74, 6) is -1.35. The minimum atomic E-state index is -1.82. The lowest BCUT2D eigenvalue weighted by Crippen LogP contribution is -2.46. The van der Waals surface area contributed by atoms with Crippen molar-refractivity contribution in [3.63, 3.8) is 0 Å². The van der Waals surface area contributed by atoms with Crippen molar-refractivity contribution in [2.45, 2.75) is 32.2 Å². The molecule has 0 amide bonds. The van der Waals surface area contributed by atoms with E-state index in [2.05, 4.69) is 20.3 Å². The third-order valence-electron chi connectivity index (χ3n) is 3.92. The predicted molar refractivity (Wildman–Crippen MR) is 70.7 cm³/mol. The molecule has 116 valence electrons. The van der Waals surface area contributed by atoms with Crippen LogP contribution in [0.4, 0.5) is 0 Å². The quantitative estimate of drug-likeness (QED) is 0.711. The van der Waals surface area contributed by atoms with Crippen LogP contribution in [0.2, 0.25) is 0 Å². The maximum absolute atomic E-state index is 9.10. The zero-order valence-corrected chi connectivity index (χ0v) is 11.8. The van der Waals surface area contributed by atoms with Crippen LogP contribution in [-0.2, 0) is 16.1 Å². The highest BCUT2D eigenvalue weighted by atomic mass is 16.4. The lowest BCUT2D eigenvalue weighted by atomic mass is 9.79. The molecule has 4 heterocycles. The second kappa shape index (κ2) is 6.61. The molecule has 0 saturated carbocycles. The van der Waals surface area contributed by atoms with Crippen molar-refractivity contribution in [2.75, 3.05) is 19.6 Å². The summed E-state index contributed by atoms with van der Waals surface area (Å²) in [6.45, 7) is 6.53. The fourth-order valence-corrected chi connectivity index (χ4v) is 2.80. The Morgan fingerprint density at radius 3 is 2.24 bits per heavy atom. The summed E-state index contributed by atoms with van der Waals surface area (Å²) in [4.78, 5) is 22.4. The molecule has 0 radical (unpaired) electrons. The summed E-state index contributed by atoms with van der Waals surface area (Å²) in [7, 11) is 0. The molecule has 21 heavy (non-hydrogen) atoms. The first-order valence-corrected chi connectivity index (χ1v) is 6.97. The number of nitrogens with zero attached hydrogens (tertiary/aromatic N) is 5. The van der Waals surface area contributed by atoms with Crippen LogP contribution < -0.4 is 0 Å². The normalized spacial score (nSPS) is 26.8. The monoisotopic (exact) mass is 297 g/mol. The Hall–Kier alpha value is -2.03. The lowest BCUT2D eigenvalue weighted by molar-refractivity contribution is -0.159. The topological polar surface area (TPSA) is 121 Å². The van der Waals surface area contributed by atoms with Gasteiger partial charge in [0.1, 0.15) is 0 Å². The standard InChI is InChI=1S/C10H17N5.C2H2O4/c1-2-15-12-10(11-13-15)9-7-14-5-3-8(9)4-6-14;3-1(4)2(5)6/h8-9H,2-7H2,1H3;(H,3,4)(H,5,6). The van der Waals surface area contributed by atoms with E-state index in [4.69, 9.17) is 19.8 Å². The summed E-state index contributed by atoms with van der Waals surface area (Å²) < 4.78 is 0. The van der Waals surface area contributed by atoms with Gasteiger partial charge in [0, 0.05) is 12.5 Å². The molecule has 4 rings (SSSR count). The van der Waals surface area contributed by atoms with Gasteiger partial charge in [0.05, 0.1) is 6.54 Å². The number of carbonyl (C=O) groups is 2. The number of piperidine rings is 3. The average molecular weight is 297 g/mol.